The lowest BCUT2D eigenvalue weighted by atomic mass is 10.1. The van der Waals surface area contributed by atoms with Gasteiger partial charge in [-0.3, -0.25) is 0 Å². The maximum absolute atomic E-state index is 10.1. The summed E-state index contributed by atoms with van der Waals surface area (Å²) in [6.07, 6.45) is 1.53. The predicted molar refractivity (Wildman–Crippen MR) is 41.5 cm³/mol. The van der Waals surface area contributed by atoms with E-state index in [0.717, 1.165) is 0 Å². The van der Waals surface area contributed by atoms with Crippen molar-refractivity contribution in [2.24, 2.45) is 0 Å². The topological polar surface area (TPSA) is 69.6 Å². The van der Waals surface area contributed by atoms with Gasteiger partial charge < -0.3 is 15.5 Å². The number of carbonyl (C=O) groups is 1. The highest BCUT2D eigenvalue weighted by molar-refractivity contribution is 5.64. The average molecular weight is 159 g/mol. The van der Waals surface area contributed by atoms with Crippen LogP contribution in [-0.4, -0.2) is 29.0 Å². The first kappa shape index (κ1) is 9.97. The van der Waals surface area contributed by atoms with Crippen LogP contribution in [0.1, 0.15) is 12.8 Å². The van der Waals surface area contributed by atoms with E-state index in [1.165, 1.54) is 0 Å². The molecule has 0 aromatic rings. The minimum absolute atomic E-state index is 0.0151. The van der Waals surface area contributed by atoms with Gasteiger partial charge in [0.15, 0.2) is 0 Å². The largest absolute Gasteiger partial charge is 0.465 e. The van der Waals surface area contributed by atoms with Gasteiger partial charge in [0, 0.05) is 12.6 Å². The molecule has 11 heavy (non-hydrogen) atoms. The van der Waals surface area contributed by atoms with Crippen molar-refractivity contribution in [1.29, 1.82) is 0 Å². The van der Waals surface area contributed by atoms with Gasteiger partial charge in [-0.25, -0.2) is 4.79 Å². The van der Waals surface area contributed by atoms with E-state index in [1.807, 2.05) is 0 Å². The Morgan fingerprint density at radius 1 is 1.73 bits per heavy atom. The van der Waals surface area contributed by atoms with Crippen LogP contribution in [0.25, 0.3) is 0 Å². The molecule has 0 saturated carbocycles. The smallest absolute Gasteiger partial charge is 0.404 e. The van der Waals surface area contributed by atoms with Crippen LogP contribution in [0.5, 0.6) is 0 Å². The molecule has 1 atom stereocenters. The normalized spacial score (nSPS) is 12.1. The fourth-order valence-electron chi connectivity index (χ4n) is 0.781. The van der Waals surface area contributed by atoms with E-state index < -0.39 is 6.09 Å². The van der Waals surface area contributed by atoms with E-state index in [0.29, 0.717) is 12.8 Å². The molecule has 4 nitrogen and oxygen atoms in total. The van der Waals surface area contributed by atoms with Gasteiger partial charge in [-0.05, 0) is 12.8 Å². The standard InChI is InChI=1S/C7H13NO3/c1-2-3-6(4-5-9)8-7(10)11/h2,6,8-9H,1,3-5H2,(H,10,11). The molecule has 0 aromatic heterocycles. The maximum Gasteiger partial charge on any atom is 0.404 e. The fourth-order valence-corrected chi connectivity index (χ4v) is 0.781. The monoisotopic (exact) mass is 159 g/mol. The van der Waals surface area contributed by atoms with E-state index in [2.05, 4.69) is 11.9 Å². The molecule has 4 heteroatoms. The van der Waals surface area contributed by atoms with Crippen molar-refractivity contribution < 1.29 is 15.0 Å². The number of amides is 1. The quantitative estimate of drug-likeness (QED) is 0.514. The van der Waals surface area contributed by atoms with E-state index in [4.69, 9.17) is 10.2 Å². The number of aliphatic hydroxyl groups excluding tert-OH is 1. The number of hydrogen-bond acceptors (Lipinski definition) is 2. The molecule has 0 aliphatic carbocycles. The van der Waals surface area contributed by atoms with Crippen LogP contribution in [0.2, 0.25) is 0 Å². The molecular weight excluding hydrogens is 146 g/mol. The van der Waals surface area contributed by atoms with Gasteiger partial charge in [0.2, 0.25) is 0 Å². The fraction of sp³-hybridized carbons (Fsp3) is 0.571. The summed E-state index contributed by atoms with van der Waals surface area (Å²) in [5.74, 6) is 0. The first-order valence-corrected chi connectivity index (χ1v) is 3.42. The summed E-state index contributed by atoms with van der Waals surface area (Å²) in [7, 11) is 0. The molecule has 1 unspecified atom stereocenters. The van der Waals surface area contributed by atoms with Crippen LogP contribution in [0.3, 0.4) is 0 Å². The van der Waals surface area contributed by atoms with Crippen molar-refractivity contribution in [3.63, 3.8) is 0 Å². The lowest BCUT2D eigenvalue weighted by Crippen LogP contribution is -2.33. The molecule has 0 spiro atoms. The lowest BCUT2D eigenvalue weighted by Gasteiger charge is -2.12. The molecule has 0 aliphatic heterocycles. The maximum atomic E-state index is 10.1. The number of rotatable bonds is 5. The number of carboxylic acid groups (broad SMARTS) is 1. The van der Waals surface area contributed by atoms with Gasteiger partial charge in [0.1, 0.15) is 0 Å². The van der Waals surface area contributed by atoms with Crippen molar-refractivity contribution in [1.82, 2.24) is 5.32 Å². The molecular formula is C7H13NO3. The summed E-state index contributed by atoms with van der Waals surface area (Å²) in [5, 5.41) is 19.1. The van der Waals surface area contributed by atoms with Crippen molar-refractivity contribution in [2.75, 3.05) is 6.61 Å². The summed E-state index contributed by atoms with van der Waals surface area (Å²) in [5.41, 5.74) is 0. The van der Waals surface area contributed by atoms with Gasteiger partial charge >= 0.3 is 6.09 Å². The highest BCUT2D eigenvalue weighted by Gasteiger charge is 2.07. The molecule has 0 radical (unpaired) electrons. The van der Waals surface area contributed by atoms with Crippen LogP contribution in [0.15, 0.2) is 12.7 Å². The Morgan fingerprint density at radius 3 is 2.73 bits per heavy atom. The summed E-state index contributed by atoms with van der Waals surface area (Å²) < 4.78 is 0. The minimum atomic E-state index is -1.06. The van der Waals surface area contributed by atoms with E-state index in [1.54, 1.807) is 6.08 Å². The first-order valence-electron chi connectivity index (χ1n) is 3.42. The molecule has 1 amide bonds. The van der Waals surface area contributed by atoms with Crippen LogP contribution >= 0.6 is 0 Å². The Morgan fingerprint density at radius 2 is 2.36 bits per heavy atom. The summed E-state index contributed by atoms with van der Waals surface area (Å²) in [4.78, 5) is 10.1. The van der Waals surface area contributed by atoms with E-state index in [9.17, 15) is 4.79 Å². The number of nitrogens with one attached hydrogen (secondary N) is 1. The third-order valence-electron chi connectivity index (χ3n) is 1.26. The second-order valence-electron chi connectivity index (χ2n) is 2.18. The summed E-state index contributed by atoms with van der Waals surface area (Å²) in [6, 6.07) is -0.213. The second kappa shape index (κ2) is 5.73. The molecule has 0 aromatic carbocycles. The van der Waals surface area contributed by atoms with Gasteiger partial charge in [-0.1, -0.05) is 6.08 Å². The van der Waals surface area contributed by atoms with Crippen LogP contribution in [0.4, 0.5) is 4.79 Å². The zero-order chi connectivity index (χ0) is 8.69. The molecule has 0 aliphatic rings. The van der Waals surface area contributed by atoms with Crippen molar-refractivity contribution in [3.8, 4) is 0 Å². The van der Waals surface area contributed by atoms with Gasteiger partial charge in [-0.2, -0.15) is 0 Å². The number of hydrogen-bond donors (Lipinski definition) is 3. The van der Waals surface area contributed by atoms with Crippen LogP contribution in [0, 0.1) is 0 Å². The summed E-state index contributed by atoms with van der Waals surface area (Å²) >= 11 is 0. The Bertz CT molecular complexity index is 136. The molecule has 0 rings (SSSR count). The Labute approximate surface area is 65.5 Å². The van der Waals surface area contributed by atoms with E-state index in [-0.39, 0.29) is 12.6 Å². The van der Waals surface area contributed by atoms with Crippen molar-refractivity contribution >= 4 is 6.09 Å². The Hall–Kier alpha value is -1.03. The Balaban J connectivity index is 3.67. The third-order valence-corrected chi connectivity index (χ3v) is 1.26. The second-order valence-corrected chi connectivity index (χ2v) is 2.18. The molecule has 0 heterocycles. The SMILES string of the molecule is C=CCC(CCO)NC(=O)O. The predicted octanol–water partition coefficient (Wildman–Crippen LogP) is 0.581. The third kappa shape index (κ3) is 5.42. The van der Waals surface area contributed by atoms with E-state index >= 15 is 0 Å². The molecule has 64 valence electrons. The zero-order valence-electron chi connectivity index (χ0n) is 6.29. The molecule has 3 N–H and O–H groups in total. The summed E-state index contributed by atoms with van der Waals surface area (Å²) in [6.45, 7) is 3.46. The van der Waals surface area contributed by atoms with Crippen molar-refractivity contribution in [2.45, 2.75) is 18.9 Å². The molecule has 0 bridgehead atoms. The number of aliphatic hydroxyl groups is 1. The van der Waals surface area contributed by atoms with Gasteiger partial charge in [-0.15, -0.1) is 6.58 Å². The Kier molecular flexibility index (Phi) is 5.20. The van der Waals surface area contributed by atoms with Crippen LogP contribution < -0.4 is 5.32 Å². The van der Waals surface area contributed by atoms with Gasteiger partial charge in [0.05, 0.1) is 0 Å². The van der Waals surface area contributed by atoms with Gasteiger partial charge in [0.25, 0.3) is 0 Å². The molecule has 0 fully saturated rings. The lowest BCUT2D eigenvalue weighted by molar-refractivity contribution is 0.185. The average Bonchev–Trinajstić information content (AvgIpc) is 1.87. The van der Waals surface area contributed by atoms with Crippen molar-refractivity contribution in [3.05, 3.63) is 12.7 Å². The first-order chi connectivity index (χ1) is 5.20. The highest BCUT2D eigenvalue weighted by Crippen LogP contribution is 1.97. The minimum Gasteiger partial charge on any atom is -0.465 e. The zero-order valence-corrected chi connectivity index (χ0v) is 6.29. The highest BCUT2D eigenvalue weighted by atomic mass is 16.4. The van der Waals surface area contributed by atoms with Crippen LogP contribution in [-0.2, 0) is 0 Å². The molecule has 0 saturated heterocycles.